The maximum absolute atomic E-state index is 12.1. The van der Waals surface area contributed by atoms with Crippen molar-refractivity contribution in [1.29, 1.82) is 0 Å². The van der Waals surface area contributed by atoms with Gasteiger partial charge >= 0.3 is 0 Å². The van der Waals surface area contributed by atoms with Crippen molar-refractivity contribution in [2.75, 3.05) is 11.9 Å². The topological polar surface area (TPSA) is 63.9 Å². The fourth-order valence-corrected chi connectivity index (χ4v) is 3.67. The maximum Gasteiger partial charge on any atom is 0.267 e. The smallest absolute Gasteiger partial charge is 0.267 e. The van der Waals surface area contributed by atoms with E-state index < -0.39 is 6.10 Å². The van der Waals surface area contributed by atoms with E-state index in [0.29, 0.717) is 11.4 Å². The first-order valence-electron chi connectivity index (χ1n) is 7.09. The minimum atomic E-state index is -0.485. The van der Waals surface area contributed by atoms with E-state index in [1.54, 1.807) is 25.1 Å². The largest absolute Gasteiger partial charge is 0.479 e. The summed E-state index contributed by atoms with van der Waals surface area (Å²) in [4.78, 5) is 29.9. The zero-order chi connectivity index (χ0) is 16.1. The zero-order valence-electron chi connectivity index (χ0n) is 12.5. The maximum atomic E-state index is 12.1. The fourth-order valence-electron chi connectivity index (χ4n) is 2.78. The molecule has 1 unspecified atom stereocenters. The molecule has 0 aliphatic carbocycles. The number of anilines is 1. The Kier molecular flexibility index (Phi) is 2.99. The van der Waals surface area contributed by atoms with Crippen molar-refractivity contribution in [2.45, 2.75) is 13.0 Å². The van der Waals surface area contributed by atoms with Crippen molar-refractivity contribution < 1.29 is 14.3 Å². The molecular weight excluding hydrogens is 314 g/mol. The van der Waals surface area contributed by atoms with Crippen molar-refractivity contribution >= 4 is 34.2 Å². The number of aromatic nitrogens is 2. The van der Waals surface area contributed by atoms with Gasteiger partial charge in [0.15, 0.2) is 17.4 Å². The molecule has 0 spiro atoms. The lowest BCUT2D eigenvalue weighted by atomic mass is 10.1. The molecular formula is C16H13N3O3S. The van der Waals surface area contributed by atoms with E-state index in [9.17, 15) is 9.59 Å². The molecule has 2 aromatic heterocycles. The van der Waals surface area contributed by atoms with Gasteiger partial charge in [0, 0.05) is 18.0 Å². The van der Waals surface area contributed by atoms with E-state index in [0.717, 1.165) is 28.2 Å². The number of rotatable bonds is 2. The van der Waals surface area contributed by atoms with Crippen molar-refractivity contribution in [3.05, 3.63) is 35.5 Å². The summed E-state index contributed by atoms with van der Waals surface area (Å²) in [6.07, 6.45) is 1.86. The van der Waals surface area contributed by atoms with Gasteiger partial charge in [-0.1, -0.05) is 0 Å². The van der Waals surface area contributed by atoms with Gasteiger partial charge in [-0.3, -0.25) is 14.0 Å². The number of fused-ring (bicyclic) bond motifs is 2. The fraction of sp³-hybridized carbons (Fsp3) is 0.188. The van der Waals surface area contributed by atoms with Gasteiger partial charge in [0.1, 0.15) is 11.4 Å². The number of thiazole rings is 1. The number of nitrogens with zero attached hydrogens (tertiary/aromatic N) is 3. The van der Waals surface area contributed by atoms with Crippen LogP contribution in [0.5, 0.6) is 5.75 Å². The Morgan fingerprint density at radius 3 is 3.00 bits per heavy atom. The number of ether oxygens (including phenoxy) is 1. The highest BCUT2D eigenvalue weighted by Crippen LogP contribution is 2.37. The predicted octanol–water partition coefficient (Wildman–Crippen LogP) is 2.62. The van der Waals surface area contributed by atoms with Gasteiger partial charge in [-0.25, -0.2) is 4.98 Å². The number of carbonyl (C=O) groups is 2. The highest BCUT2D eigenvalue weighted by molar-refractivity contribution is 7.15. The number of benzene rings is 1. The van der Waals surface area contributed by atoms with Crippen molar-refractivity contribution in [2.24, 2.45) is 0 Å². The number of hydrogen-bond donors (Lipinski definition) is 0. The van der Waals surface area contributed by atoms with E-state index in [2.05, 4.69) is 4.98 Å². The molecule has 0 saturated carbocycles. The van der Waals surface area contributed by atoms with Crippen LogP contribution in [0.15, 0.2) is 29.8 Å². The van der Waals surface area contributed by atoms with Crippen LogP contribution in [0.3, 0.4) is 0 Å². The monoisotopic (exact) mass is 327 g/mol. The van der Waals surface area contributed by atoms with Crippen LogP contribution in [0.2, 0.25) is 0 Å². The molecule has 3 aromatic rings. The van der Waals surface area contributed by atoms with Gasteiger partial charge in [-0.15, -0.1) is 11.3 Å². The van der Waals surface area contributed by atoms with Crippen LogP contribution in [-0.2, 0) is 4.79 Å². The van der Waals surface area contributed by atoms with E-state index in [1.165, 1.54) is 11.3 Å². The van der Waals surface area contributed by atoms with Crippen LogP contribution < -0.4 is 9.64 Å². The summed E-state index contributed by atoms with van der Waals surface area (Å²) in [6.45, 7) is 1.74. The summed E-state index contributed by atoms with van der Waals surface area (Å²) < 4.78 is 7.45. The van der Waals surface area contributed by atoms with Crippen LogP contribution >= 0.6 is 11.3 Å². The van der Waals surface area contributed by atoms with E-state index in [-0.39, 0.29) is 5.91 Å². The minimum absolute atomic E-state index is 0.0821. The van der Waals surface area contributed by atoms with Crippen LogP contribution in [0, 0.1) is 0 Å². The normalized spacial score (nSPS) is 17.2. The molecule has 3 heterocycles. The molecule has 0 fully saturated rings. The minimum Gasteiger partial charge on any atom is -0.479 e. The Morgan fingerprint density at radius 2 is 2.22 bits per heavy atom. The SMILES string of the molecule is CC1Oc2ccc(-c3csc4ncc(C=O)n34)cc2N(C)C1=O. The Bertz CT molecular complexity index is 943. The second-order valence-electron chi connectivity index (χ2n) is 5.38. The number of hydrogen-bond acceptors (Lipinski definition) is 5. The quantitative estimate of drug-likeness (QED) is 0.679. The summed E-state index contributed by atoms with van der Waals surface area (Å²) in [6, 6.07) is 5.67. The Morgan fingerprint density at radius 1 is 1.39 bits per heavy atom. The van der Waals surface area contributed by atoms with Gasteiger partial charge in [-0.05, 0) is 25.1 Å². The van der Waals surface area contributed by atoms with Crippen LogP contribution in [0.4, 0.5) is 5.69 Å². The van der Waals surface area contributed by atoms with Gasteiger partial charge in [0.05, 0.1) is 17.6 Å². The van der Waals surface area contributed by atoms with E-state index in [4.69, 9.17) is 4.74 Å². The molecule has 1 atom stereocenters. The molecule has 7 heteroatoms. The lowest BCUT2D eigenvalue weighted by Gasteiger charge is -2.30. The third-order valence-electron chi connectivity index (χ3n) is 3.99. The molecule has 116 valence electrons. The molecule has 0 bridgehead atoms. The molecule has 0 radical (unpaired) electrons. The number of carbonyl (C=O) groups excluding carboxylic acids is 2. The Labute approximate surface area is 135 Å². The molecule has 6 nitrogen and oxygen atoms in total. The number of amides is 1. The summed E-state index contributed by atoms with van der Waals surface area (Å²) in [5, 5.41) is 1.95. The molecule has 4 rings (SSSR count). The standard InChI is InChI=1S/C16H13N3O3S/c1-9-15(21)18(2)12-5-10(3-4-14(12)22-9)13-8-23-16-17-6-11(7-20)19(13)16/h3-9H,1-2H3. The van der Waals surface area contributed by atoms with Crippen molar-refractivity contribution in [1.82, 2.24) is 9.38 Å². The summed E-state index contributed by atoms with van der Waals surface area (Å²) in [7, 11) is 1.74. The third-order valence-corrected chi connectivity index (χ3v) is 4.83. The lowest BCUT2D eigenvalue weighted by Crippen LogP contribution is -2.41. The van der Waals surface area contributed by atoms with Gasteiger partial charge < -0.3 is 9.64 Å². The van der Waals surface area contributed by atoms with E-state index in [1.807, 2.05) is 28.0 Å². The van der Waals surface area contributed by atoms with Gasteiger partial charge in [-0.2, -0.15) is 0 Å². The average Bonchev–Trinajstić information content (AvgIpc) is 3.14. The Hall–Kier alpha value is -2.67. The number of imidazole rings is 1. The van der Waals surface area contributed by atoms with Gasteiger partial charge in [0.2, 0.25) is 0 Å². The first-order valence-corrected chi connectivity index (χ1v) is 7.97. The summed E-state index contributed by atoms with van der Waals surface area (Å²) >= 11 is 1.47. The molecule has 1 aromatic carbocycles. The van der Waals surface area contributed by atoms with Crippen molar-refractivity contribution in [3.8, 4) is 17.0 Å². The van der Waals surface area contributed by atoms with Crippen LogP contribution in [0.25, 0.3) is 16.2 Å². The number of aldehydes is 1. The van der Waals surface area contributed by atoms with Gasteiger partial charge in [0.25, 0.3) is 5.91 Å². The molecule has 1 aliphatic rings. The van der Waals surface area contributed by atoms with Crippen LogP contribution in [0.1, 0.15) is 17.4 Å². The predicted molar refractivity (Wildman–Crippen MR) is 87.4 cm³/mol. The average molecular weight is 327 g/mol. The van der Waals surface area contributed by atoms with Crippen LogP contribution in [-0.4, -0.2) is 34.7 Å². The zero-order valence-corrected chi connectivity index (χ0v) is 13.3. The molecule has 1 aliphatic heterocycles. The first kappa shape index (κ1) is 14.0. The summed E-state index contributed by atoms with van der Waals surface area (Å²) in [5.74, 6) is 0.595. The number of likely N-dealkylation sites (N-methyl/N-ethyl adjacent to an activating group) is 1. The summed E-state index contributed by atoms with van der Waals surface area (Å²) in [5.41, 5.74) is 2.99. The Balaban J connectivity index is 1.89. The molecule has 0 N–H and O–H groups in total. The third kappa shape index (κ3) is 1.97. The molecule has 1 amide bonds. The van der Waals surface area contributed by atoms with E-state index >= 15 is 0 Å². The molecule has 23 heavy (non-hydrogen) atoms. The first-order chi connectivity index (χ1) is 11.1. The lowest BCUT2D eigenvalue weighted by molar-refractivity contribution is -0.125. The second kappa shape index (κ2) is 4.92. The van der Waals surface area contributed by atoms with Crippen molar-refractivity contribution in [3.63, 3.8) is 0 Å². The highest BCUT2D eigenvalue weighted by Gasteiger charge is 2.29. The molecule has 0 saturated heterocycles. The second-order valence-corrected chi connectivity index (χ2v) is 6.22. The highest BCUT2D eigenvalue weighted by atomic mass is 32.1.